The highest BCUT2D eigenvalue weighted by molar-refractivity contribution is 7.79. The highest BCUT2D eigenvalue weighted by atomic mass is 32.2. The molecule has 1 heterocycles. The van der Waals surface area contributed by atoms with Crippen molar-refractivity contribution >= 4 is 22.6 Å². The minimum atomic E-state index is -4.74. The van der Waals surface area contributed by atoms with Crippen molar-refractivity contribution in [1.82, 2.24) is 5.01 Å². The second-order valence-corrected chi connectivity index (χ2v) is 5.92. The van der Waals surface area contributed by atoms with Crippen LogP contribution in [0.2, 0.25) is 0 Å². The summed E-state index contributed by atoms with van der Waals surface area (Å²) in [6.45, 7) is 1.47. The lowest BCUT2D eigenvalue weighted by atomic mass is 9.92. The Morgan fingerprint density at radius 2 is 2.04 bits per heavy atom. The number of ketones is 1. The lowest BCUT2D eigenvalue weighted by Crippen LogP contribution is -2.36. The summed E-state index contributed by atoms with van der Waals surface area (Å²) in [4.78, 5) is 11.7. The summed E-state index contributed by atoms with van der Waals surface area (Å²) in [5, 5.41) is 14.9. The van der Waals surface area contributed by atoms with Gasteiger partial charge < -0.3 is 9.66 Å². The van der Waals surface area contributed by atoms with Crippen molar-refractivity contribution in [2.45, 2.75) is 24.2 Å². The summed E-state index contributed by atoms with van der Waals surface area (Å²) in [5.74, 6) is -1.95. The molecule has 1 aliphatic heterocycles. The molecule has 1 N–H and O–H groups in total. The topological polar surface area (TPSA) is 93.0 Å². The molecule has 1 aromatic carbocycles. The van der Waals surface area contributed by atoms with E-state index in [1.54, 1.807) is 0 Å². The van der Waals surface area contributed by atoms with Crippen molar-refractivity contribution < 1.29 is 31.8 Å². The average molecular weight is 349 g/mol. The molecule has 126 valence electrons. The van der Waals surface area contributed by atoms with Crippen molar-refractivity contribution in [3.63, 3.8) is 0 Å². The maximum Gasteiger partial charge on any atom is 0.416 e. The van der Waals surface area contributed by atoms with Gasteiger partial charge in [0.25, 0.3) is 0 Å². The number of carbonyl (C=O) groups is 1. The number of rotatable bonds is 3. The van der Waals surface area contributed by atoms with Crippen molar-refractivity contribution in [1.29, 1.82) is 0 Å². The predicted octanol–water partition coefficient (Wildman–Crippen LogP) is 1.38. The number of alkyl halides is 3. The minimum Gasteiger partial charge on any atom is -0.768 e. The summed E-state index contributed by atoms with van der Waals surface area (Å²) in [5.41, 5.74) is -1.35. The first kappa shape index (κ1) is 17.6. The fourth-order valence-corrected chi connectivity index (χ4v) is 2.91. The van der Waals surface area contributed by atoms with Crippen LogP contribution in [0, 0.1) is 5.92 Å². The zero-order chi connectivity index (χ0) is 17.5. The lowest BCUT2D eigenvalue weighted by molar-refractivity contribution is -0.137. The smallest absolute Gasteiger partial charge is 0.416 e. The monoisotopic (exact) mass is 349 g/mol. The number of hydrogen-bond donors (Lipinski definition) is 1. The van der Waals surface area contributed by atoms with Crippen LogP contribution in [0.5, 0.6) is 0 Å². The van der Waals surface area contributed by atoms with Crippen LogP contribution >= 0.6 is 0 Å². The minimum absolute atomic E-state index is 0.243. The number of hydrazone groups is 1. The Morgan fingerprint density at radius 3 is 2.48 bits per heavy atom. The van der Waals surface area contributed by atoms with E-state index in [1.165, 1.54) is 14.0 Å². The zero-order valence-corrected chi connectivity index (χ0v) is 12.8. The van der Waals surface area contributed by atoms with E-state index in [4.69, 9.17) is 0 Å². The first-order valence-electron chi connectivity index (χ1n) is 6.34. The Morgan fingerprint density at radius 1 is 1.43 bits per heavy atom. The SMILES string of the molecule is CC1=NN(C)C(O)C1C(=O)c1ccc(C(F)(F)F)cc1S(=O)[O-]. The van der Waals surface area contributed by atoms with E-state index in [1.807, 2.05) is 0 Å². The number of hydrogen-bond acceptors (Lipinski definition) is 6. The van der Waals surface area contributed by atoms with E-state index in [-0.39, 0.29) is 5.71 Å². The van der Waals surface area contributed by atoms with Gasteiger partial charge in [0.05, 0.1) is 11.3 Å². The van der Waals surface area contributed by atoms with Gasteiger partial charge in [0, 0.05) is 17.5 Å². The van der Waals surface area contributed by atoms with Gasteiger partial charge in [-0.15, -0.1) is 0 Å². The van der Waals surface area contributed by atoms with Crippen LogP contribution in [0.15, 0.2) is 28.2 Å². The second kappa shape index (κ2) is 6.02. The Labute approximate surface area is 131 Å². The third kappa shape index (κ3) is 3.28. The second-order valence-electron chi connectivity index (χ2n) is 5.01. The number of nitrogens with zero attached hydrogens (tertiary/aromatic N) is 2. The summed E-state index contributed by atoms with van der Waals surface area (Å²) in [7, 11) is 1.42. The van der Waals surface area contributed by atoms with Crippen LogP contribution in [0.3, 0.4) is 0 Å². The largest absolute Gasteiger partial charge is 0.768 e. The molecular weight excluding hydrogens is 337 g/mol. The molecule has 3 atom stereocenters. The van der Waals surface area contributed by atoms with Crippen molar-refractivity contribution in [2.24, 2.45) is 11.0 Å². The molecule has 0 saturated carbocycles. The molecule has 23 heavy (non-hydrogen) atoms. The molecule has 0 amide bonds. The molecule has 0 fully saturated rings. The Hall–Kier alpha value is -1.78. The van der Waals surface area contributed by atoms with E-state index < -0.39 is 51.2 Å². The van der Waals surface area contributed by atoms with Crippen molar-refractivity contribution in [3.8, 4) is 0 Å². The number of aliphatic hydroxyl groups excluding tert-OH is 1. The summed E-state index contributed by atoms with van der Waals surface area (Å²) >= 11 is -3.04. The van der Waals surface area contributed by atoms with E-state index >= 15 is 0 Å². The van der Waals surface area contributed by atoms with Gasteiger partial charge in [-0.2, -0.15) is 18.3 Å². The standard InChI is InChI=1S/C13H13F3N2O4S/c1-6-10(12(20)18(2)17-6)11(19)8-4-3-7(13(14,15)16)5-9(8)23(21)22/h3-5,10,12,20H,1-2H3,(H,21,22)/p-1. The van der Waals surface area contributed by atoms with Gasteiger partial charge in [0.1, 0.15) is 5.92 Å². The summed E-state index contributed by atoms with van der Waals surface area (Å²) in [6.07, 6.45) is -6.04. The van der Waals surface area contributed by atoms with Gasteiger partial charge in [-0.05, 0) is 36.2 Å². The Kier molecular flexibility index (Phi) is 4.60. The fourth-order valence-electron chi connectivity index (χ4n) is 2.33. The molecule has 0 radical (unpaired) electrons. The van der Waals surface area contributed by atoms with Crippen LogP contribution in [0.1, 0.15) is 22.8 Å². The molecule has 10 heteroatoms. The predicted molar refractivity (Wildman–Crippen MR) is 73.3 cm³/mol. The number of Topliss-reactive ketones (excluding diaryl/α,β-unsaturated/α-hetero) is 1. The average Bonchev–Trinajstić information content (AvgIpc) is 2.69. The molecule has 0 bridgehead atoms. The number of aliphatic hydroxyl groups is 1. The van der Waals surface area contributed by atoms with Crippen molar-refractivity contribution in [3.05, 3.63) is 29.3 Å². The molecule has 0 aromatic heterocycles. The van der Waals surface area contributed by atoms with Crippen LogP contribution in [-0.2, 0) is 17.3 Å². The quantitative estimate of drug-likeness (QED) is 0.657. The normalized spacial score (nSPS) is 22.9. The Bertz CT molecular complexity index is 705. The van der Waals surface area contributed by atoms with Gasteiger partial charge >= 0.3 is 6.18 Å². The third-order valence-corrected chi connectivity index (χ3v) is 4.18. The van der Waals surface area contributed by atoms with Gasteiger partial charge in [-0.3, -0.25) is 14.0 Å². The first-order valence-corrected chi connectivity index (χ1v) is 7.42. The number of carbonyl (C=O) groups excluding carboxylic acids is 1. The Balaban J connectivity index is 2.49. The third-order valence-electron chi connectivity index (χ3n) is 3.48. The molecule has 3 unspecified atom stereocenters. The maximum absolute atomic E-state index is 12.7. The molecule has 1 aromatic rings. The van der Waals surface area contributed by atoms with E-state index in [0.717, 1.165) is 11.1 Å². The van der Waals surface area contributed by atoms with E-state index in [9.17, 15) is 31.8 Å². The number of benzene rings is 1. The van der Waals surface area contributed by atoms with Crippen LogP contribution < -0.4 is 0 Å². The molecule has 1 aliphatic rings. The summed E-state index contributed by atoms with van der Waals surface area (Å²) in [6, 6.07) is 1.82. The maximum atomic E-state index is 12.7. The van der Waals surface area contributed by atoms with Gasteiger partial charge in [0.15, 0.2) is 12.0 Å². The molecule has 0 aliphatic carbocycles. The molecule has 0 saturated heterocycles. The van der Waals surface area contributed by atoms with Crippen LogP contribution in [0.4, 0.5) is 13.2 Å². The molecule has 6 nitrogen and oxygen atoms in total. The molecule has 0 spiro atoms. The van der Waals surface area contributed by atoms with Gasteiger partial charge in [0.2, 0.25) is 0 Å². The first-order chi connectivity index (χ1) is 10.5. The molecular formula is C13H12F3N2O4S-. The van der Waals surface area contributed by atoms with Gasteiger partial charge in [-0.25, -0.2) is 0 Å². The highest BCUT2D eigenvalue weighted by Crippen LogP contribution is 2.33. The van der Waals surface area contributed by atoms with E-state index in [2.05, 4.69) is 5.10 Å². The van der Waals surface area contributed by atoms with E-state index in [0.29, 0.717) is 12.1 Å². The van der Waals surface area contributed by atoms with Crippen LogP contribution in [-0.4, -0.2) is 43.6 Å². The molecule has 2 rings (SSSR count). The van der Waals surface area contributed by atoms with Gasteiger partial charge in [-0.1, -0.05) is 0 Å². The summed E-state index contributed by atoms with van der Waals surface area (Å²) < 4.78 is 60.5. The van der Waals surface area contributed by atoms with Crippen LogP contribution in [0.25, 0.3) is 0 Å². The number of halogens is 3. The fraction of sp³-hybridized carbons (Fsp3) is 0.385. The zero-order valence-electron chi connectivity index (χ0n) is 12.0. The lowest BCUT2D eigenvalue weighted by Gasteiger charge is -2.21. The highest BCUT2D eigenvalue weighted by Gasteiger charge is 2.39. The van der Waals surface area contributed by atoms with Crippen molar-refractivity contribution in [2.75, 3.05) is 7.05 Å².